The van der Waals surface area contributed by atoms with Crippen LogP contribution in [0.2, 0.25) is 0 Å². The zero-order valence-corrected chi connectivity index (χ0v) is 12.2. The lowest BCUT2D eigenvalue weighted by Crippen LogP contribution is -2.59. The van der Waals surface area contributed by atoms with Crippen LogP contribution in [0.4, 0.5) is 0 Å². The minimum atomic E-state index is 0.682. The normalized spacial score (nSPS) is 31.7. The van der Waals surface area contributed by atoms with Gasteiger partial charge in [0.25, 0.3) is 0 Å². The minimum absolute atomic E-state index is 0.682. The SMILES string of the molecule is CCC1CN(CCOC)C(C2CCCCC2)CN1. The highest BCUT2D eigenvalue weighted by atomic mass is 16.5. The summed E-state index contributed by atoms with van der Waals surface area (Å²) in [6.07, 6.45) is 8.44. The highest BCUT2D eigenvalue weighted by Crippen LogP contribution is 2.30. The van der Waals surface area contributed by atoms with Crippen molar-refractivity contribution in [3.8, 4) is 0 Å². The monoisotopic (exact) mass is 254 g/mol. The lowest BCUT2D eigenvalue weighted by Gasteiger charge is -2.45. The van der Waals surface area contributed by atoms with Crippen LogP contribution in [0, 0.1) is 5.92 Å². The van der Waals surface area contributed by atoms with E-state index in [1.165, 1.54) is 51.6 Å². The van der Waals surface area contributed by atoms with Gasteiger partial charge >= 0.3 is 0 Å². The van der Waals surface area contributed by atoms with Crippen LogP contribution in [0.15, 0.2) is 0 Å². The van der Waals surface area contributed by atoms with Crippen molar-refractivity contribution in [1.82, 2.24) is 10.2 Å². The van der Waals surface area contributed by atoms with Crippen LogP contribution in [-0.2, 0) is 4.74 Å². The summed E-state index contributed by atoms with van der Waals surface area (Å²) in [5.74, 6) is 0.918. The van der Waals surface area contributed by atoms with E-state index >= 15 is 0 Å². The van der Waals surface area contributed by atoms with Crippen LogP contribution in [0.1, 0.15) is 45.4 Å². The van der Waals surface area contributed by atoms with E-state index in [0.29, 0.717) is 6.04 Å². The summed E-state index contributed by atoms with van der Waals surface area (Å²) in [5.41, 5.74) is 0. The molecule has 2 aliphatic rings. The van der Waals surface area contributed by atoms with Gasteiger partial charge in [0.2, 0.25) is 0 Å². The Labute approximate surface area is 112 Å². The number of nitrogens with zero attached hydrogens (tertiary/aromatic N) is 1. The van der Waals surface area contributed by atoms with E-state index in [-0.39, 0.29) is 0 Å². The molecule has 0 aromatic rings. The van der Waals surface area contributed by atoms with Crippen LogP contribution in [0.5, 0.6) is 0 Å². The van der Waals surface area contributed by atoms with Gasteiger partial charge in [-0.25, -0.2) is 0 Å². The Morgan fingerprint density at radius 1 is 1.22 bits per heavy atom. The highest BCUT2D eigenvalue weighted by Gasteiger charge is 2.32. The fraction of sp³-hybridized carbons (Fsp3) is 1.00. The summed E-state index contributed by atoms with van der Waals surface area (Å²) < 4.78 is 5.29. The van der Waals surface area contributed by atoms with Gasteiger partial charge < -0.3 is 10.1 Å². The van der Waals surface area contributed by atoms with Gasteiger partial charge in [0.05, 0.1) is 6.61 Å². The first-order chi connectivity index (χ1) is 8.85. The molecule has 0 amide bonds. The van der Waals surface area contributed by atoms with Crippen molar-refractivity contribution in [2.75, 3.05) is 33.4 Å². The molecule has 2 unspecified atom stereocenters. The third-order valence-corrected chi connectivity index (χ3v) is 4.81. The van der Waals surface area contributed by atoms with Gasteiger partial charge in [-0.2, -0.15) is 0 Å². The molecule has 0 bridgehead atoms. The highest BCUT2D eigenvalue weighted by molar-refractivity contribution is 4.90. The van der Waals surface area contributed by atoms with Crippen molar-refractivity contribution in [1.29, 1.82) is 0 Å². The molecule has 1 N–H and O–H groups in total. The average Bonchev–Trinajstić information content (AvgIpc) is 2.45. The molecule has 1 heterocycles. The molecule has 3 nitrogen and oxygen atoms in total. The van der Waals surface area contributed by atoms with E-state index in [2.05, 4.69) is 17.1 Å². The summed E-state index contributed by atoms with van der Waals surface area (Å²) in [7, 11) is 1.81. The molecule has 1 aliphatic carbocycles. The van der Waals surface area contributed by atoms with Crippen molar-refractivity contribution in [2.24, 2.45) is 5.92 Å². The number of hydrogen-bond acceptors (Lipinski definition) is 3. The summed E-state index contributed by atoms with van der Waals surface area (Å²) in [5, 5.41) is 3.74. The number of rotatable bonds is 5. The Kier molecular flexibility index (Phi) is 5.93. The van der Waals surface area contributed by atoms with Gasteiger partial charge in [-0.05, 0) is 25.2 Å². The molecular formula is C15H30N2O. The number of nitrogens with one attached hydrogen (secondary N) is 1. The Morgan fingerprint density at radius 3 is 2.67 bits per heavy atom. The lowest BCUT2D eigenvalue weighted by atomic mass is 9.82. The molecule has 0 spiro atoms. The van der Waals surface area contributed by atoms with Crippen LogP contribution >= 0.6 is 0 Å². The van der Waals surface area contributed by atoms with Gasteiger partial charge in [0, 0.05) is 38.8 Å². The maximum Gasteiger partial charge on any atom is 0.0589 e. The van der Waals surface area contributed by atoms with Crippen molar-refractivity contribution >= 4 is 0 Å². The molecule has 1 aliphatic heterocycles. The Bertz CT molecular complexity index is 229. The predicted octanol–water partition coefficient (Wildman–Crippen LogP) is 2.27. The second-order valence-electron chi connectivity index (χ2n) is 5.97. The second kappa shape index (κ2) is 7.46. The standard InChI is InChI=1S/C15H30N2O/c1-3-14-12-17(9-10-18-2)15(11-16-14)13-7-5-4-6-8-13/h13-16H,3-12H2,1-2H3. The Hall–Kier alpha value is -0.120. The van der Waals surface area contributed by atoms with Gasteiger partial charge in [-0.1, -0.05) is 26.2 Å². The first-order valence-electron chi connectivity index (χ1n) is 7.81. The van der Waals surface area contributed by atoms with E-state index in [4.69, 9.17) is 4.74 Å². The third kappa shape index (κ3) is 3.69. The van der Waals surface area contributed by atoms with Crippen LogP contribution in [0.3, 0.4) is 0 Å². The van der Waals surface area contributed by atoms with Gasteiger partial charge in [0.1, 0.15) is 0 Å². The third-order valence-electron chi connectivity index (χ3n) is 4.81. The summed E-state index contributed by atoms with van der Waals surface area (Å²) >= 11 is 0. The summed E-state index contributed by atoms with van der Waals surface area (Å²) in [4.78, 5) is 2.70. The maximum atomic E-state index is 5.29. The van der Waals surface area contributed by atoms with Crippen LogP contribution in [0.25, 0.3) is 0 Å². The molecule has 0 aromatic heterocycles. The number of ether oxygens (including phenoxy) is 1. The Morgan fingerprint density at radius 2 is 2.00 bits per heavy atom. The van der Waals surface area contributed by atoms with Crippen molar-refractivity contribution < 1.29 is 4.74 Å². The van der Waals surface area contributed by atoms with E-state index in [1.807, 2.05) is 7.11 Å². The maximum absolute atomic E-state index is 5.29. The van der Waals surface area contributed by atoms with Crippen LogP contribution in [-0.4, -0.2) is 50.3 Å². The smallest absolute Gasteiger partial charge is 0.0589 e. The molecule has 3 heteroatoms. The summed E-state index contributed by atoms with van der Waals surface area (Å²) in [6, 6.07) is 1.44. The minimum Gasteiger partial charge on any atom is -0.383 e. The molecule has 0 aromatic carbocycles. The number of methoxy groups -OCH3 is 1. The quantitative estimate of drug-likeness (QED) is 0.814. The van der Waals surface area contributed by atoms with Gasteiger partial charge in [-0.15, -0.1) is 0 Å². The molecule has 106 valence electrons. The molecule has 2 rings (SSSR count). The topological polar surface area (TPSA) is 24.5 Å². The molecule has 0 radical (unpaired) electrons. The number of hydrogen-bond donors (Lipinski definition) is 1. The molecule has 1 saturated carbocycles. The molecule has 18 heavy (non-hydrogen) atoms. The second-order valence-corrected chi connectivity index (χ2v) is 5.97. The van der Waals surface area contributed by atoms with E-state index < -0.39 is 0 Å². The zero-order chi connectivity index (χ0) is 12.8. The van der Waals surface area contributed by atoms with Gasteiger partial charge in [0.15, 0.2) is 0 Å². The first-order valence-corrected chi connectivity index (χ1v) is 7.81. The lowest BCUT2D eigenvalue weighted by molar-refractivity contribution is 0.0471. The largest absolute Gasteiger partial charge is 0.383 e. The molecular weight excluding hydrogens is 224 g/mol. The van der Waals surface area contributed by atoms with Crippen LogP contribution < -0.4 is 5.32 Å². The van der Waals surface area contributed by atoms with Gasteiger partial charge in [-0.3, -0.25) is 4.90 Å². The Balaban J connectivity index is 1.92. The fourth-order valence-electron chi connectivity index (χ4n) is 3.62. The fourth-order valence-corrected chi connectivity index (χ4v) is 3.62. The van der Waals surface area contributed by atoms with E-state index in [0.717, 1.165) is 25.1 Å². The van der Waals surface area contributed by atoms with E-state index in [1.54, 1.807) is 0 Å². The van der Waals surface area contributed by atoms with Crippen molar-refractivity contribution in [3.63, 3.8) is 0 Å². The van der Waals surface area contributed by atoms with Crippen molar-refractivity contribution in [2.45, 2.75) is 57.5 Å². The van der Waals surface area contributed by atoms with E-state index in [9.17, 15) is 0 Å². The molecule has 2 atom stereocenters. The molecule has 1 saturated heterocycles. The predicted molar refractivity (Wildman–Crippen MR) is 75.9 cm³/mol. The first kappa shape index (κ1) is 14.3. The van der Waals surface area contributed by atoms with Crippen molar-refractivity contribution in [3.05, 3.63) is 0 Å². The summed E-state index contributed by atoms with van der Waals surface area (Å²) in [6.45, 7) is 6.66. The molecule has 2 fully saturated rings. The average molecular weight is 254 g/mol. The number of piperazine rings is 1. The zero-order valence-electron chi connectivity index (χ0n) is 12.2.